The Bertz CT molecular complexity index is 476. The van der Waals surface area contributed by atoms with Gasteiger partial charge >= 0.3 is 5.97 Å². The second kappa shape index (κ2) is 5.24. The molecular formula is C16H21NO2. The maximum atomic E-state index is 12.2. The van der Waals surface area contributed by atoms with E-state index in [9.17, 15) is 4.79 Å². The van der Waals surface area contributed by atoms with Crippen molar-refractivity contribution in [1.82, 2.24) is 0 Å². The molecule has 2 aliphatic rings. The van der Waals surface area contributed by atoms with Gasteiger partial charge in [0.05, 0.1) is 5.56 Å². The predicted octanol–water partition coefficient (Wildman–Crippen LogP) is 3.39. The van der Waals surface area contributed by atoms with Crippen LogP contribution in [0.5, 0.6) is 0 Å². The van der Waals surface area contributed by atoms with Crippen LogP contribution in [0.15, 0.2) is 18.2 Å². The fourth-order valence-electron chi connectivity index (χ4n) is 3.00. The molecule has 19 heavy (non-hydrogen) atoms. The van der Waals surface area contributed by atoms with Crippen molar-refractivity contribution >= 4 is 11.7 Å². The topological polar surface area (TPSA) is 38.3 Å². The average Bonchev–Trinajstić information content (AvgIpc) is 2.88. The van der Waals surface area contributed by atoms with Gasteiger partial charge in [-0.2, -0.15) is 0 Å². The predicted molar refractivity (Wildman–Crippen MR) is 75.5 cm³/mol. The minimum atomic E-state index is -0.158. The zero-order valence-electron chi connectivity index (χ0n) is 11.4. The number of benzene rings is 1. The van der Waals surface area contributed by atoms with Crippen molar-refractivity contribution < 1.29 is 9.53 Å². The lowest BCUT2D eigenvalue weighted by Gasteiger charge is -2.26. The molecule has 0 spiro atoms. The lowest BCUT2D eigenvalue weighted by molar-refractivity contribution is 0.0174. The number of hydrogen-bond donors (Lipinski definition) is 1. The monoisotopic (exact) mass is 259 g/mol. The van der Waals surface area contributed by atoms with Crippen molar-refractivity contribution in [2.24, 2.45) is 5.92 Å². The maximum absolute atomic E-state index is 12.2. The Balaban J connectivity index is 1.64. The summed E-state index contributed by atoms with van der Waals surface area (Å²) in [5.41, 5.74) is 3.08. The third kappa shape index (κ3) is 2.75. The van der Waals surface area contributed by atoms with E-state index >= 15 is 0 Å². The molecule has 1 fully saturated rings. The van der Waals surface area contributed by atoms with Gasteiger partial charge in [0.1, 0.15) is 6.10 Å². The normalized spacial score (nSPS) is 25.5. The first-order valence-corrected chi connectivity index (χ1v) is 7.30. The van der Waals surface area contributed by atoms with Crippen LogP contribution in [0.4, 0.5) is 5.69 Å². The summed E-state index contributed by atoms with van der Waals surface area (Å²) in [6.45, 7) is 3.24. The zero-order chi connectivity index (χ0) is 13.2. The molecule has 0 unspecified atom stereocenters. The fourth-order valence-corrected chi connectivity index (χ4v) is 3.00. The maximum Gasteiger partial charge on any atom is 0.338 e. The van der Waals surface area contributed by atoms with Crippen LogP contribution in [0.25, 0.3) is 0 Å². The smallest absolute Gasteiger partial charge is 0.338 e. The molecule has 0 saturated heterocycles. The van der Waals surface area contributed by atoms with E-state index in [1.807, 2.05) is 18.2 Å². The quantitative estimate of drug-likeness (QED) is 0.827. The van der Waals surface area contributed by atoms with E-state index in [2.05, 4.69) is 12.2 Å². The summed E-state index contributed by atoms with van der Waals surface area (Å²) in [6.07, 6.45) is 5.49. The number of carbonyl (C=O) groups excluding carboxylic acids is 1. The van der Waals surface area contributed by atoms with Gasteiger partial charge < -0.3 is 10.1 Å². The standard InChI is InChI=1S/C16H21NO2/c1-11-2-5-14(6-3-11)19-16(18)13-4-7-15-12(10-13)8-9-17-15/h4,7,10-11,14,17H,2-3,5-6,8-9H2,1H3. The Morgan fingerprint density at radius 2 is 2.05 bits per heavy atom. The van der Waals surface area contributed by atoms with Gasteiger partial charge in [-0.25, -0.2) is 4.79 Å². The van der Waals surface area contributed by atoms with E-state index in [1.165, 1.54) is 18.4 Å². The molecule has 102 valence electrons. The van der Waals surface area contributed by atoms with Gasteiger partial charge in [0, 0.05) is 12.2 Å². The second-order valence-electron chi connectivity index (χ2n) is 5.84. The average molecular weight is 259 g/mol. The highest BCUT2D eigenvalue weighted by Crippen LogP contribution is 2.27. The van der Waals surface area contributed by atoms with Crippen LogP contribution in [0.2, 0.25) is 0 Å². The molecule has 3 heteroatoms. The lowest BCUT2D eigenvalue weighted by atomic mass is 9.89. The van der Waals surface area contributed by atoms with Crippen LogP contribution in [0.3, 0.4) is 0 Å². The van der Waals surface area contributed by atoms with Gasteiger partial charge in [0.2, 0.25) is 0 Å². The molecule has 1 aliphatic heterocycles. The van der Waals surface area contributed by atoms with E-state index in [-0.39, 0.29) is 12.1 Å². The highest BCUT2D eigenvalue weighted by Gasteiger charge is 2.22. The minimum Gasteiger partial charge on any atom is -0.459 e. The molecule has 1 aliphatic carbocycles. The van der Waals surface area contributed by atoms with Gasteiger partial charge in [-0.1, -0.05) is 6.92 Å². The first-order valence-electron chi connectivity index (χ1n) is 7.30. The van der Waals surface area contributed by atoms with Crippen LogP contribution in [-0.2, 0) is 11.2 Å². The Morgan fingerprint density at radius 1 is 1.26 bits per heavy atom. The molecule has 0 aromatic heterocycles. The summed E-state index contributed by atoms with van der Waals surface area (Å²) in [5.74, 6) is 0.621. The lowest BCUT2D eigenvalue weighted by Crippen LogP contribution is -2.23. The molecule has 1 aromatic carbocycles. The Labute approximate surface area is 114 Å². The van der Waals surface area contributed by atoms with Crippen molar-refractivity contribution in [3.63, 3.8) is 0 Å². The van der Waals surface area contributed by atoms with Gasteiger partial charge in [0.15, 0.2) is 0 Å². The molecule has 3 rings (SSSR count). The van der Waals surface area contributed by atoms with E-state index in [4.69, 9.17) is 4.74 Å². The van der Waals surface area contributed by atoms with Gasteiger partial charge in [-0.15, -0.1) is 0 Å². The summed E-state index contributed by atoms with van der Waals surface area (Å²) < 4.78 is 5.63. The number of nitrogens with one attached hydrogen (secondary N) is 1. The molecule has 1 heterocycles. The van der Waals surface area contributed by atoms with E-state index < -0.39 is 0 Å². The molecule has 1 saturated carbocycles. The van der Waals surface area contributed by atoms with E-state index in [1.54, 1.807) is 0 Å². The van der Waals surface area contributed by atoms with Crippen molar-refractivity contribution in [2.45, 2.75) is 45.1 Å². The highest BCUT2D eigenvalue weighted by atomic mass is 16.5. The van der Waals surface area contributed by atoms with Crippen molar-refractivity contribution in [3.05, 3.63) is 29.3 Å². The van der Waals surface area contributed by atoms with Crippen LogP contribution >= 0.6 is 0 Å². The molecule has 3 nitrogen and oxygen atoms in total. The van der Waals surface area contributed by atoms with Crippen LogP contribution < -0.4 is 5.32 Å². The van der Waals surface area contributed by atoms with Crippen molar-refractivity contribution in [1.29, 1.82) is 0 Å². The van der Waals surface area contributed by atoms with Gasteiger partial charge in [0.25, 0.3) is 0 Å². The van der Waals surface area contributed by atoms with Gasteiger partial charge in [-0.3, -0.25) is 0 Å². The largest absolute Gasteiger partial charge is 0.459 e. The third-order valence-corrected chi connectivity index (χ3v) is 4.29. The van der Waals surface area contributed by atoms with Crippen LogP contribution in [0, 0.1) is 5.92 Å². The zero-order valence-corrected chi connectivity index (χ0v) is 11.4. The molecular weight excluding hydrogens is 238 g/mol. The Morgan fingerprint density at radius 3 is 2.84 bits per heavy atom. The number of ether oxygens (including phenoxy) is 1. The molecule has 0 bridgehead atoms. The fraction of sp³-hybridized carbons (Fsp3) is 0.562. The SMILES string of the molecule is CC1CCC(OC(=O)c2ccc3c(c2)CCN3)CC1. The molecule has 0 atom stereocenters. The Hall–Kier alpha value is -1.51. The number of hydrogen-bond acceptors (Lipinski definition) is 3. The summed E-state index contributed by atoms with van der Waals surface area (Å²) in [7, 11) is 0. The summed E-state index contributed by atoms with van der Waals surface area (Å²) >= 11 is 0. The number of fused-ring (bicyclic) bond motifs is 1. The highest BCUT2D eigenvalue weighted by molar-refractivity contribution is 5.90. The first-order chi connectivity index (χ1) is 9.22. The van der Waals surface area contributed by atoms with Crippen molar-refractivity contribution in [3.8, 4) is 0 Å². The van der Waals surface area contributed by atoms with E-state index in [0.29, 0.717) is 5.56 Å². The van der Waals surface area contributed by atoms with Crippen LogP contribution in [-0.4, -0.2) is 18.6 Å². The molecule has 0 radical (unpaired) electrons. The number of rotatable bonds is 2. The van der Waals surface area contributed by atoms with Crippen molar-refractivity contribution in [2.75, 3.05) is 11.9 Å². The van der Waals surface area contributed by atoms with Crippen LogP contribution in [0.1, 0.15) is 48.5 Å². The summed E-state index contributed by atoms with van der Waals surface area (Å²) in [5, 5.41) is 3.30. The van der Waals surface area contributed by atoms with Gasteiger partial charge in [-0.05, 0) is 61.8 Å². The number of esters is 1. The number of anilines is 1. The second-order valence-corrected chi connectivity index (χ2v) is 5.84. The molecule has 1 aromatic rings. The first kappa shape index (κ1) is 12.5. The molecule has 0 amide bonds. The number of carbonyl (C=O) groups is 1. The summed E-state index contributed by atoms with van der Waals surface area (Å²) in [6, 6.07) is 5.83. The third-order valence-electron chi connectivity index (χ3n) is 4.29. The minimum absolute atomic E-state index is 0.120. The summed E-state index contributed by atoms with van der Waals surface area (Å²) in [4.78, 5) is 12.2. The Kier molecular flexibility index (Phi) is 3.45. The van der Waals surface area contributed by atoms with E-state index in [0.717, 1.165) is 37.4 Å². The molecule has 1 N–H and O–H groups in total.